The summed E-state index contributed by atoms with van der Waals surface area (Å²) >= 11 is 0. The first kappa shape index (κ1) is 18.4. The smallest absolute Gasteiger partial charge is 0.254 e. The molecular weight excluding hydrogens is 364 g/mol. The largest absolute Gasteiger partial charge is 0.383 e. The maximum atomic E-state index is 13.2. The molecule has 0 spiro atoms. The monoisotopic (exact) mass is 384 g/mol. The number of carbonyl (C=O) groups is 1. The van der Waals surface area contributed by atoms with Gasteiger partial charge in [0.2, 0.25) is 0 Å². The highest BCUT2D eigenvalue weighted by atomic mass is 16.2. The quantitative estimate of drug-likeness (QED) is 0.549. The summed E-state index contributed by atoms with van der Waals surface area (Å²) in [4.78, 5) is 23.6. The number of nitrogen functional groups attached to an aromatic ring is 1. The second-order valence-corrected chi connectivity index (χ2v) is 7.06. The molecule has 7 nitrogen and oxygen atoms in total. The van der Waals surface area contributed by atoms with Crippen molar-refractivity contribution < 1.29 is 4.79 Å². The molecule has 0 atom stereocenters. The van der Waals surface area contributed by atoms with Crippen molar-refractivity contribution in [3.63, 3.8) is 0 Å². The molecule has 0 saturated heterocycles. The van der Waals surface area contributed by atoms with E-state index in [2.05, 4.69) is 21.0 Å². The van der Waals surface area contributed by atoms with Crippen LogP contribution in [0, 0.1) is 19.3 Å². The van der Waals surface area contributed by atoms with Crippen LogP contribution in [0.1, 0.15) is 27.2 Å². The molecule has 0 aliphatic rings. The first-order valence-corrected chi connectivity index (χ1v) is 9.07. The van der Waals surface area contributed by atoms with E-state index in [1.165, 1.54) is 0 Å². The van der Waals surface area contributed by atoms with Gasteiger partial charge in [-0.25, -0.2) is 4.98 Å². The molecule has 0 aliphatic heterocycles. The Morgan fingerprint density at radius 2 is 2.07 bits per heavy atom. The predicted molar refractivity (Wildman–Crippen MR) is 113 cm³/mol. The Bertz CT molecular complexity index is 1300. The Balaban J connectivity index is 1.74. The number of hydrogen-bond acceptors (Lipinski definition) is 5. The highest BCUT2D eigenvalue weighted by Crippen LogP contribution is 2.29. The topological polar surface area (TPSA) is 89.9 Å². The summed E-state index contributed by atoms with van der Waals surface area (Å²) in [6.45, 7) is 2.27. The third-order valence-electron chi connectivity index (χ3n) is 5.02. The van der Waals surface area contributed by atoms with Crippen LogP contribution in [0.5, 0.6) is 0 Å². The van der Waals surface area contributed by atoms with E-state index in [0.717, 1.165) is 33.1 Å². The van der Waals surface area contributed by atoms with Gasteiger partial charge in [0.15, 0.2) is 0 Å². The maximum Gasteiger partial charge on any atom is 0.254 e. The molecule has 1 aromatic carbocycles. The number of hydrogen-bond donors (Lipinski definition) is 1. The Labute approximate surface area is 168 Å². The van der Waals surface area contributed by atoms with Crippen molar-refractivity contribution in [3.05, 3.63) is 59.0 Å². The minimum absolute atomic E-state index is 0.0978. The van der Waals surface area contributed by atoms with Crippen LogP contribution < -0.4 is 5.73 Å². The number of anilines is 1. The summed E-state index contributed by atoms with van der Waals surface area (Å²) in [6, 6.07) is 7.41. The van der Waals surface area contributed by atoms with Crippen LogP contribution >= 0.6 is 0 Å². The molecule has 2 N–H and O–H groups in total. The molecule has 0 saturated carbocycles. The molecule has 29 heavy (non-hydrogen) atoms. The van der Waals surface area contributed by atoms with Crippen molar-refractivity contribution in [1.82, 2.24) is 24.6 Å². The number of aryl methyl sites for hydroxylation is 2. The number of pyridine rings is 2. The van der Waals surface area contributed by atoms with Crippen molar-refractivity contribution in [2.75, 3.05) is 12.8 Å². The minimum atomic E-state index is -0.0978. The molecule has 3 aromatic heterocycles. The zero-order valence-corrected chi connectivity index (χ0v) is 16.5. The van der Waals surface area contributed by atoms with Gasteiger partial charge in [-0.05, 0) is 36.8 Å². The molecule has 0 bridgehead atoms. The van der Waals surface area contributed by atoms with E-state index in [0.29, 0.717) is 23.5 Å². The zero-order chi connectivity index (χ0) is 20.7. The molecule has 3 heterocycles. The molecule has 4 aromatic rings. The van der Waals surface area contributed by atoms with E-state index in [1.807, 2.05) is 38.2 Å². The van der Waals surface area contributed by atoms with E-state index in [9.17, 15) is 4.79 Å². The van der Waals surface area contributed by atoms with Crippen LogP contribution in [0.2, 0.25) is 0 Å². The number of terminal acetylenes is 1. The molecule has 0 fully saturated rings. The van der Waals surface area contributed by atoms with Gasteiger partial charge in [0, 0.05) is 36.8 Å². The number of amides is 1. The Morgan fingerprint density at radius 3 is 2.76 bits per heavy atom. The maximum absolute atomic E-state index is 13.2. The predicted octanol–water partition coefficient (Wildman–Crippen LogP) is 2.66. The molecule has 0 unspecified atom stereocenters. The molecule has 0 aliphatic carbocycles. The van der Waals surface area contributed by atoms with E-state index in [1.54, 1.807) is 29.0 Å². The lowest BCUT2D eigenvalue weighted by Crippen LogP contribution is -2.27. The third-order valence-corrected chi connectivity index (χ3v) is 5.02. The molecule has 144 valence electrons. The first-order valence-electron chi connectivity index (χ1n) is 9.07. The SMILES string of the molecule is C#Cc1ccc(CN(C)C(=O)c2cc3c(cc2C)nc(N)c2cnn(C)c23)nc1. The summed E-state index contributed by atoms with van der Waals surface area (Å²) in [7, 11) is 3.60. The van der Waals surface area contributed by atoms with Crippen LogP contribution in [-0.4, -0.2) is 37.6 Å². The van der Waals surface area contributed by atoms with E-state index < -0.39 is 0 Å². The van der Waals surface area contributed by atoms with Gasteiger partial charge in [-0.2, -0.15) is 5.10 Å². The van der Waals surface area contributed by atoms with E-state index >= 15 is 0 Å². The van der Waals surface area contributed by atoms with Crippen molar-refractivity contribution in [2.45, 2.75) is 13.5 Å². The molecule has 4 rings (SSSR count). The number of carbonyl (C=O) groups excluding carboxylic acids is 1. The van der Waals surface area contributed by atoms with Gasteiger partial charge < -0.3 is 10.6 Å². The standard InChI is InChI=1S/C22H20N6O/c1-5-14-6-7-15(24-10-14)12-27(3)22(29)16-9-17-19(8-13(16)2)26-21(23)18-11-25-28(4)20(17)18/h1,6-11H,12H2,2-4H3,(H2,23,26). The summed E-state index contributed by atoms with van der Waals surface area (Å²) < 4.78 is 1.75. The van der Waals surface area contributed by atoms with Gasteiger partial charge >= 0.3 is 0 Å². The van der Waals surface area contributed by atoms with Crippen molar-refractivity contribution in [1.29, 1.82) is 0 Å². The van der Waals surface area contributed by atoms with E-state index in [-0.39, 0.29) is 5.91 Å². The van der Waals surface area contributed by atoms with Gasteiger partial charge in [-0.1, -0.05) is 5.92 Å². The lowest BCUT2D eigenvalue weighted by atomic mass is 10.0. The summed E-state index contributed by atoms with van der Waals surface area (Å²) in [6.07, 6.45) is 8.69. The van der Waals surface area contributed by atoms with Crippen molar-refractivity contribution in [2.24, 2.45) is 7.05 Å². The number of fused-ring (bicyclic) bond motifs is 3. The highest BCUT2D eigenvalue weighted by molar-refractivity contribution is 6.10. The normalized spacial score (nSPS) is 11.0. The minimum Gasteiger partial charge on any atom is -0.383 e. The third kappa shape index (κ3) is 3.15. The molecule has 7 heteroatoms. The lowest BCUT2D eigenvalue weighted by molar-refractivity contribution is 0.0783. The van der Waals surface area contributed by atoms with Gasteiger partial charge in [-0.3, -0.25) is 14.5 Å². The second-order valence-electron chi connectivity index (χ2n) is 7.06. The highest BCUT2D eigenvalue weighted by Gasteiger charge is 2.19. The summed E-state index contributed by atoms with van der Waals surface area (Å²) in [5.41, 5.74) is 10.6. The number of rotatable bonds is 3. The van der Waals surface area contributed by atoms with Gasteiger partial charge in [-0.15, -0.1) is 6.42 Å². The Morgan fingerprint density at radius 1 is 1.28 bits per heavy atom. The van der Waals surface area contributed by atoms with Crippen LogP contribution in [0.4, 0.5) is 5.82 Å². The number of nitrogens with zero attached hydrogens (tertiary/aromatic N) is 5. The fraction of sp³-hybridized carbons (Fsp3) is 0.182. The zero-order valence-electron chi connectivity index (χ0n) is 16.5. The first-order chi connectivity index (χ1) is 13.9. The number of aromatic nitrogens is 4. The average Bonchev–Trinajstić information content (AvgIpc) is 3.10. The van der Waals surface area contributed by atoms with Crippen molar-refractivity contribution in [3.8, 4) is 12.3 Å². The second kappa shape index (κ2) is 6.91. The number of nitrogens with two attached hydrogens (primary N) is 1. The van der Waals surface area contributed by atoms with Crippen molar-refractivity contribution >= 4 is 33.5 Å². The van der Waals surface area contributed by atoms with Crippen LogP contribution in [-0.2, 0) is 13.6 Å². The van der Waals surface area contributed by atoms with Crippen LogP contribution in [0.3, 0.4) is 0 Å². The van der Waals surface area contributed by atoms with Gasteiger partial charge in [0.1, 0.15) is 5.82 Å². The van der Waals surface area contributed by atoms with E-state index in [4.69, 9.17) is 12.2 Å². The Hall–Kier alpha value is -3.92. The van der Waals surface area contributed by atoms with Crippen LogP contribution in [0.15, 0.2) is 36.7 Å². The summed E-state index contributed by atoms with van der Waals surface area (Å²) in [5, 5.41) is 5.90. The van der Waals surface area contributed by atoms with Crippen LogP contribution in [0.25, 0.3) is 21.8 Å². The lowest BCUT2D eigenvalue weighted by Gasteiger charge is -2.19. The molecule has 1 amide bonds. The molecule has 0 radical (unpaired) electrons. The fourth-order valence-electron chi connectivity index (χ4n) is 3.46. The van der Waals surface area contributed by atoms with Gasteiger partial charge in [0.05, 0.1) is 34.9 Å². The Kier molecular flexibility index (Phi) is 4.40. The average molecular weight is 384 g/mol. The molecular formula is C22H20N6O. The summed E-state index contributed by atoms with van der Waals surface area (Å²) in [5.74, 6) is 2.87. The van der Waals surface area contributed by atoms with Gasteiger partial charge in [0.25, 0.3) is 5.91 Å². The number of benzene rings is 1. The fourth-order valence-corrected chi connectivity index (χ4v) is 3.46.